The molecule has 0 unspecified atom stereocenters. The first-order valence-electron chi connectivity index (χ1n) is 10.0. The molecule has 158 valence electrons. The zero-order valence-corrected chi connectivity index (χ0v) is 17.8. The number of nitrogens with one attached hydrogen (secondary N) is 2. The lowest BCUT2D eigenvalue weighted by Crippen LogP contribution is -2.34. The van der Waals surface area contributed by atoms with Crippen molar-refractivity contribution >= 4 is 15.9 Å². The second-order valence-electron chi connectivity index (χ2n) is 7.90. The van der Waals surface area contributed by atoms with Crippen molar-refractivity contribution in [3.8, 4) is 0 Å². The number of likely N-dealkylation sites (tertiary alicyclic amines) is 1. The number of unbranched alkanes of at least 4 members (excludes halogenated alkanes) is 1. The van der Waals surface area contributed by atoms with E-state index >= 15 is 0 Å². The summed E-state index contributed by atoms with van der Waals surface area (Å²) in [5.41, 5.74) is -0.253. The molecule has 0 atom stereocenters. The Labute approximate surface area is 167 Å². The van der Waals surface area contributed by atoms with E-state index in [2.05, 4.69) is 21.9 Å². The van der Waals surface area contributed by atoms with Crippen LogP contribution in [0.5, 0.6) is 0 Å². The van der Waals surface area contributed by atoms with E-state index in [1.807, 2.05) is 0 Å². The number of halogens is 1. The Bertz CT molecular complexity index is 760. The first-order chi connectivity index (χ1) is 13.2. The molecular formula is C20H32FN3O3S. The highest BCUT2D eigenvalue weighted by molar-refractivity contribution is 7.89. The predicted octanol–water partition coefficient (Wildman–Crippen LogP) is 2.75. The molecular weight excluding hydrogens is 381 g/mol. The Morgan fingerprint density at radius 1 is 1.25 bits per heavy atom. The fraction of sp³-hybridized carbons (Fsp3) is 0.650. The van der Waals surface area contributed by atoms with Crippen molar-refractivity contribution in [1.29, 1.82) is 0 Å². The molecule has 1 amide bonds. The third-order valence-electron chi connectivity index (χ3n) is 4.95. The lowest BCUT2D eigenvalue weighted by Gasteiger charge is -2.30. The molecule has 8 heteroatoms. The van der Waals surface area contributed by atoms with Crippen LogP contribution in [-0.2, 0) is 10.0 Å². The molecule has 1 fully saturated rings. The highest BCUT2D eigenvalue weighted by Crippen LogP contribution is 2.17. The van der Waals surface area contributed by atoms with Crippen molar-refractivity contribution in [3.63, 3.8) is 0 Å². The molecule has 6 nitrogen and oxygen atoms in total. The first kappa shape index (κ1) is 22.8. The number of hydrogen-bond donors (Lipinski definition) is 2. The van der Waals surface area contributed by atoms with Gasteiger partial charge in [-0.25, -0.2) is 17.5 Å². The van der Waals surface area contributed by atoms with Gasteiger partial charge in [0, 0.05) is 12.6 Å². The minimum Gasteiger partial charge on any atom is -0.352 e. The van der Waals surface area contributed by atoms with Crippen LogP contribution in [0.2, 0.25) is 0 Å². The zero-order valence-electron chi connectivity index (χ0n) is 17.0. The number of nitrogens with zero attached hydrogens (tertiary/aromatic N) is 1. The van der Waals surface area contributed by atoms with Gasteiger partial charge >= 0.3 is 0 Å². The van der Waals surface area contributed by atoms with E-state index in [9.17, 15) is 17.6 Å². The molecule has 2 rings (SSSR count). The average Bonchev–Trinajstić information content (AvgIpc) is 2.62. The first-order valence-corrected chi connectivity index (χ1v) is 11.5. The van der Waals surface area contributed by atoms with Crippen molar-refractivity contribution in [2.45, 2.75) is 57.4 Å². The largest absolute Gasteiger partial charge is 0.352 e. The molecule has 1 aromatic rings. The monoisotopic (exact) mass is 413 g/mol. The van der Waals surface area contributed by atoms with Gasteiger partial charge in [0.2, 0.25) is 10.0 Å². The van der Waals surface area contributed by atoms with Gasteiger partial charge in [-0.15, -0.1) is 0 Å². The maximum atomic E-state index is 14.0. The Hall–Kier alpha value is -1.51. The maximum absolute atomic E-state index is 14.0. The summed E-state index contributed by atoms with van der Waals surface area (Å²) < 4.78 is 40.9. The standard InChI is InChI=1S/C20H32FN3O3S/c1-15(2)23-28(26,27)17-6-7-19(21)18(14-17)20(25)22-10-4-5-11-24-12-8-16(3)9-13-24/h6-7,14-16,23H,4-5,8-13H2,1-3H3,(H,22,25). The number of hydrogen-bond acceptors (Lipinski definition) is 4. The number of amides is 1. The van der Waals surface area contributed by atoms with Crippen LogP contribution >= 0.6 is 0 Å². The minimum absolute atomic E-state index is 0.118. The number of piperidine rings is 1. The summed E-state index contributed by atoms with van der Waals surface area (Å²) in [5, 5.41) is 2.69. The molecule has 1 aliphatic heterocycles. The fourth-order valence-corrected chi connectivity index (χ4v) is 4.54. The SMILES string of the molecule is CC1CCN(CCCCNC(=O)c2cc(S(=O)(=O)NC(C)C)ccc2F)CC1. The van der Waals surface area contributed by atoms with Crippen LogP contribution in [-0.4, -0.2) is 51.4 Å². The summed E-state index contributed by atoms with van der Waals surface area (Å²) in [7, 11) is -3.78. The fourth-order valence-electron chi connectivity index (χ4n) is 3.27. The molecule has 0 saturated carbocycles. The molecule has 2 N–H and O–H groups in total. The van der Waals surface area contributed by atoms with Gasteiger partial charge in [-0.3, -0.25) is 4.79 Å². The van der Waals surface area contributed by atoms with E-state index in [1.54, 1.807) is 13.8 Å². The van der Waals surface area contributed by atoms with Crippen molar-refractivity contribution in [2.75, 3.05) is 26.2 Å². The Morgan fingerprint density at radius 3 is 2.57 bits per heavy atom. The van der Waals surface area contributed by atoms with Gasteiger partial charge in [-0.2, -0.15) is 0 Å². The summed E-state index contributed by atoms with van der Waals surface area (Å²) in [6.45, 7) is 9.37. The van der Waals surface area contributed by atoms with Crippen LogP contribution in [0.25, 0.3) is 0 Å². The molecule has 0 aliphatic carbocycles. The predicted molar refractivity (Wildman–Crippen MR) is 108 cm³/mol. The van der Waals surface area contributed by atoms with Crippen molar-refractivity contribution in [3.05, 3.63) is 29.6 Å². The van der Waals surface area contributed by atoms with Crippen LogP contribution in [0, 0.1) is 11.7 Å². The lowest BCUT2D eigenvalue weighted by atomic mass is 9.99. The number of benzene rings is 1. The number of rotatable bonds is 9. The van der Waals surface area contributed by atoms with E-state index in [4.69, 9.17) is 0 Å². The number of sulfonamides is 1. The summed E-state index contributed by atoms with van der Waals surface area (Å²) >= 11 is 0. The quantitative estimate of drug-likeness (QED) is 0.610. The molecule has 28 heavy (non-hydrogen) atoms. The average molecular weight is 414 g/mol. The van der Waals surface area contributed by atoms with Gasteiger partial charge < -0.3 is 10.2 Å². The van der Waals surface area contributed by atoms with Gasteiger partial charge in [0.1, 0.15) is 5.82 Å². The number of carbonyl (C=O) groups is 1. The highest BCUT2D eigenvalue weighted by Gasteiger charge is 2.20. The molecule has 1 aliphatic rings. The van der Waals surface area contributed by atoms with Crippen molar-refractivity contribution in [1.82, 2.24) is 14.9 Å². The normalized spacial score (nSPS) is 16.5. The maximum Gasteiger partial charge on any atom is 0.254 e. The lowest BCUT2D eigenvalue weighted by molar-refractivity contribution is 0.0948. The Kier molecular flexibility index (Phi) is 8.39. The van der Waals surface area contributed by atoms with Gasteiger partial charge in [0.05, 0.1) is 10.5 Å². The minimum atomic E-state index is -3.78. The van der Waals surface area contributed by atoms with E-state index in [0.29, 0.717) is 6.54 Å². The third kappa shape index (κ3) is 6.83. The van der Waals surface area contributed by atoms with Crippen molar-refractivity contribution in [2.24, 2.45) is 5.92 Å². The summed E-state index contributed by atoms with van der Waals surface area (Å²) in [5.74, 6) is -0.518. The molecule has 0 bridgehead atoms. The second kappa shape index (κ2) is 10.3. The highest BCUT2D eigenvalue weighted by atomic mass is 32.2. The smallest absolute Gasteiger partial charge is 0.254 e. The van der Waals surface area contributed by atoms with Crippen LogP contribution in [0.3, 0.4) is 0 Å². The van der Waals surface area contributed by atoms with Crippen LogP contribution in [0.15, 0.2) is 23.1 Å². The summed E-state index contributed by atoms with van der Waals surface area (Å²) in [6.07, 6.45) is 4.23. The zero-order chi connectivity index (χ0) is 20.7. The van der Waals surface area contributed by atoms with Gasteiger partial charge in [-0.05, 0) is 83.3 Å². The molecule has 1 heterocycles. The molecule has 0 spiro atoms. The van der Waals surface area contributed by atoms with Crippen molar-refractivity contribution < 1.29 is 17.6 Å². The van der Waals surface area contributed by atoms with Crippen LogP contribution in [0.4, 0.5) is 4.39 Å². The van der Waals surface area contributed by atoms with Gasteiger partial charge in [0.15, 0.2) is 0 Å². The molecule has 1 aromatic carbocycles. The Balaban J connectivity index is 1.84. The molecule has 0 radical (unpaired) electrons. The topological polar surface area (TPSA) is 78.5 Å². The summed E-state index contributed by atoms with van der Waals surface area (Å²) in [6, 6.07) is 2.97. The summed E-state index contributed by atoms with van der Waals surface area (Å²) in [4.78, 5) is 14.6. The van der Waals surface area contributed by atoms with Gasteiger partial charge in [0.25, 0.3) is 5.91 Å². The van der Waals surface area contributed by atoms with E-state index in [1.165, 1.54) is 12.8 Å². The van der Waals surface area contributed by atoms with Gasteiger partial charge in [-0.1, -0.05) is 6.92 Å². The third-order valence-corrected chi connectivity index (χ3v) is 6.60. The van der Waals surface area contributed by atoms with Crippen LogP contribution < -0.4 is 10.0 Å². The van der Waals surface area contributed by atoms with E-state index in [0.717, 1.165) is 56.6 Å². The van der Waals surface area contributed by atoms with E-state index in [-0.39, 0.29) is 16.5 Å². The number of carbonyl (C=O) groups excluding carboxylic acids is 1. The van der Waals surface area contributed by atoms with Crippen LogP contribution in [0.1, 0.15) is 56.8 Å². The molecule has 1 saturated heterocycles. The second-order valence-corrected chi connectivity index (χ2v) is 9.62. The molecule has 0 aromatic heterocycles. The van der Waals surface area contributed by atoms with E-state index < -0.39 is 21.7 Å². The Morgan fingerprint density at radius 2 is 1.93 bits per heavy atom.